The van der Waals surface area contributed by atoms with Crippen LogP contribution >= 0.6 is 0 Å². The normalized spacial score (nSPS) is 10.2. The summed E-state index contributed by atoms with van der Waals surface area (Å²) in [7, 11) is 0. The van der Waals surface area contributed by atoms with Crippen LogP contribution in [0.15, 0.2) is 55.6 Å². The van der Waals surface area contributed by atoms with Crippen LogP contribution in [0.5, 0.6) is 0 Å². The molecule has 102 valence electrons. The SMILES string of the molecule is C=CCN(CC=C)C(=O)c1ccc2cc(F)ccc2n1. The first-order valence-corrected chi connectivity index (χ1v) is 6.23. The smallest absolute Gasteiger partial charge is 0.273 e. The van der Waals surface area contributed by atoms with Crippen molar-refractivity contribution in [3.05, 3.63) is 67.2 Å². The van der Waals surface area contributed by atoms with Crippen LogP contribution in [0, 0.1) is 5.82 Å². The van der Waals surface area contributed by atoms with Crippen molar-refractivity contribution in [2.45, 2.75) is 0 Å². The van der Waals surface area contributed by atoms with Gasteiger partial charge in [0.1, 0.15) is 11.5 Å². The third-order valence-corrected chi connectivity index (χ3v) is 2.86. The molecule has 0 bridgehead atoms. The molecule has 1 aromatic carbocycles. The summed E-state index contributed by atoms with van der Waals surface area (Å²) in [4.78, 5) is 18.2. The largest absolute Gasteiger partial charge is 0.330 e. The fourth-order valence-corrected chi connectivity index (χ4v) is 1.93. The molecule has 0 saturated heterocycles. The van der Waals surface area contributed by atoms with E-state index in [1.54, 1.807) is 35.3 Å². The van der Waals surface area contributed by atoms with E-state index in [0.717, 1.165) is 0 Å². The molecule has 0 saturated carbocycles. The van der Waals surface area contributed by atoms with Crippen molar-refractivity contribution in [1.29, 1.82) is 0 Å². The van der Waals surface area contributed by atoms with Gasteiger partial charge in [-0.1, -0.05) is 18.2 Å². The van der Waals surface area contributed by atoms with Crippen LogP contribution < -0.4 is 0 Å². The van der Waals surface area contributed by atoms with Crippen molar-refractivity contribution in [2.24, 2.45) is 0 Å². The van der Waals surface area contributed by atoms with E-state index >= 15 is 0 Å². The quantitative estimate of drug-likeness (QED) is 0.782. The maximum absolute atomic E-state index is 13.1. The number of fused-ring (bicyclic) bond motifs is 1. The molecule has 2 aromatic rings. The first kappa shape index (κ1) is 13.9. The van der Waals surface area contributed by atoms with Crippen molar-refractivity contribution in [2.75, 3.05) is 13.1 Å². The van der Waals surface area contributed by atoms with E-state index < -0.39 is 0 Å². The van der Waals surface area contributed by atoms with Crippen LogP contribution in [0.25, 0.3) is 10.9 Å². The number of pyridine rings is 1. The minimum Gasteiger partial charge on any atom is -0.330 e. The number of nitrogens with zero attached hydrogens (tertiary/aromatic N) is 2. The fraction of sp³-hybridized carbons (Fsp3) is 0.125. The van der Waals surface area contributed by atoms with Gasteiger partial charge >= 0.3 is 0 Å². The van der Waals surface area contributed by atoms with Gasteiger partial charge < -0.3 is 4.90 Å². The van der Waals surface area contributed by atoms with E-state index in [9.17, 15) is 9.18 Å². The second kappa shape index (κ2) is 6.10. The van der Waals surface area contributed by atoms with Crippen molar-refractivity contribution >= 4 is 16.8 Å². The van der Waals surface area contributed by atoms with E-state index in [1.807, 2.05) is 0 Å². The Hall–Kier alpha value is -2.49. The van der Waals surface area contributed by atoms with Gasteiger partial charge in [0.2, 0.25) is 0 Å². The van der Waals surface area contributed by atoms with Crippen molar-refractivity contribution in [3.63, 3.8) is 0 Å². The molecule has 4 heteroatoms. The molecule has 0 radical (unpaired) electrons. The minimum atomic E-state index is -0.321. The zero-order valence-electron chi connectivity index (χ0n) is 11.1. The summed E-state index contributed by atoms with van der Waals surface area (Å²) in [5.41, 5.74) is 0.919. The van der Waals surface area contributed by atoms with Crippen LogP contribution in [-0.4, -0.2) is 28.9 Å². The van der Waals surface area contributed by atoms with Crippen LogP contribution in [0.3, 0.4) is 0 Å². The average molecular weight is 270 g/mol. The van der Waals surface area contributed by atoms with Crippen molar-refractivity contribution < 1.29 is 9.18 Å². The zero-order chi connectivity index (χ0) is 14.5. The number of aromatic nitrogens is 1. The molecule has 20 heavy (non-hydrogen) atoms. The van der Waals surface area contributed by atoms with Gasteiger partial charge in [0.15, 0.2) is 0 Å². The van der Waals surface area contributed by atoms with Crippen LogP contribution in [-0.2, 0) is 0 Å². The van der Waals surface area contributed by atoms with Gasteiger partial charge in [-0.2, -0.15) is 0 Å². The number of halogens is 1. The van der Waals surface area contributed by atoms with Gasteiger partial charge in [0, 0.05) is 18.5 Å². The molecule has 1 amide bonds. The van der Waals surface area contributed by atoms with E-state index in [-0.39, 0.29) is 11.7 Å². The highest BCUT2D eigenvalue weighted by Crippen LogP contribution is 2.15. The average Bonchev–Trinajstić information content (AvgIpc) is 2.45. The lowest BCUT2D eigenvalue weighted by molar-refractivity contribution is 0.0785. The number of hydrogen-bond donors (Lipinski definition) is 0. The van der Waals surface area contributed by atoms with Gasteiger partial charge in [-0.25, -0.2) is 9.37 Å². The second-order valence-electron chi connectivity index (χ2n) is 4.32. The lowest BCUT2D eigenvalue weighted by Crippen LogP contribution is -2.31. The highest BCUT2D eigenvalue weighted by molar-refractivity contribution is 5.95. The second-order valence-corrected chi connectivity index (χ2v) is 4.32. The van der Waals surface area contributed by atoms with Crippen molar-refractivity contribution in [3.8, 4) is 0 Å². The van der Waals surface area contributed by atoms with E-state index in [4.69, 9.17) is 0 Å². The minimum absolute atomic E-state index is 0.198. The summed E-state index contributed by atoms with van der Waals surface area (Å²) >= 11 is 0. The predicted octanol–water partition coefficient (Wildman–Crippen LogP) is 3.19. The maximum atomic E-state index is 13.1. The summed E-state index contributed by atoms with van der Waals surface area (Å²) in [6.07, 6.45) is 3.30. The summed E-state index contributed by atoms with van der Waals surface area (Å²) in [6.45, 7) is 8.11. The first-order chi connectivity index (χ1) is 9.65. The van der Waals surface area contributed by atoms with Gasteiger partial charge in [-0.05, 0) is 24.3 Å². The number of rotatable bonds is 5. The Labute approximate surface area is 117 Å². The number of carbonyl (C=O) groups excluding carboxylic acids is 1. The van der Waals surface area contributed by atoms with E-state index in [2.05, 4.69) is 18.1 Å². The van der Waals surface area contributed by atoms with Crippen LogP contribution in [0.1, 0.15) is 10.5 Å². The summed E-state index contributed by atoms with van der Waals surface area (Å²) in [6, 6.07) is 7.57. The Balaban J connectivity index is 2.36. The Morgan fingerprint density at radius 1 is 1.20 bits per heavy atom. The molecule has 0 fully saturated rings. The lowest BCUT2D eigenvalue weighted by atomic mass is 10.2. The molecule has 0 atom stereocenters. The molecular weight excluding hydrogens is 255 g/mol. The highest BCUT2D eigenvalue weighted by atomic mass is 19.1. The third-order valence-electron chi connectivity index (χ3n) is 2.86. The van der Waals surface area contributed by atoms with Gasteiger partial charge in [0.25, 0.3) is 5.91 Å². The molecule has 1 heterocycles. The molecular formula is C16H15FN2O. The summed E-state index contributed by atoms with van der Waals surface area (Å²) in [5.74, 6) is -0.519. The molecule has 0 aliphatic rings. The summed E-state index contributed by atoms with van der Waals surface area (Å²) in [5, 5.41) is 0.667. The molecule has 0 spiro atoms. The molecule has 2 rings (SSSR count). The lowest BCUT2D eigenvalue weighted by Gasteiger charge is -2.18. The Bertz CT molecular complexity index is 657. The molecule has 0 aliphatic heterocycles. The van der Waals surface area contributed by atoms with Gasteiger partial charge in [-0.15, -0.1) is 13.2 Å². The molecule has 0 unspecified atom stereocenters. The predicted molar refractivity (Wildman–Crippen MR) is 78.0 cm³/mol. The van der Waals surface area contributed by atoms with Gasteiger partial charge in [0.05, 0.1) is 5.52 Å². The number of carbonyl (C=O) groups is 1. The molecule has 0 aliphatic carbocycles. The Morgan fingerprint density at radius 2 is 1.90 bits per heavy atom. The molecule has 3 nitrogen and oxygen atoms in total. The summed E-state index contributed by atoms with van der Waals surface area (Å²) < 4.78 is 13.1. The maximum Gasteiger partial charge on any atom is 0.273 e. The first-order valence-electron chi connectivity index (χ1n) is 6.23. The van der Waals surface area contributed by atoms with Gasteiger partial charge in [-0.3, -0.25) is 4.79 Å². The van der Waals surface area contributed by atoms with Crippen molar-refractivity contribution in [1.82, 2.24) is 9.88 Å². The molecule has 0 N–H and O–H groups in total. The third kappa shape index (κ3) is 2.91. The Morgan fingerprint density at radius 3 is 2.55 bits per heavy atom. The monoisotopic (exact) mass is 270 g/mol. The highest BCUT2D eigenvalue weighted by Gasteiger charge is 2.15. The topological polar surface area (TPSA) is 33.2 Å². The van der Waals surface area contributed by atoms with Crippen LogP contribution in [0.2, 0.25) is 0 Å². The Kier molecular flexibility index (Phi) is 4.25. The van der Waals surface area contributed by atoms with E-state index in [0.29, 0.717) is 29.7 Å². The number of benzene rings is 1. The standard InChI is InChI=1S/C16H15FN2O/c1-3-9-19(10-4-2)16(20)15-7-5-12-11-13(17)6-8-14(12)18-15/h3-8,11H,1-2,9-10H2. The number of amides is 1. The fourth-order valence-electron chi connectivity index (χ4n) is 1.93. The van der Waals surface area contributed by atoms with E-state index in [1.165, 1.54) is 12.1 Å². The van der Waals surface area contributed by atoms with Crippen LogP contribution in [0.4, 0.5) is 4.39 Å². The molecule has 1 aromatic heterocycles. The zero-order valence-corrected chi connectivity index (χ0v) is 11.1. The number of hydrogen-bond acceptors (Lipinski definition) is 2.